The van der Waals surface area contributed by atoms with Crippen molar-refractivity contribution in [2.45, 2.75) is 13.8 Å². The topological polar surface area (TPSA) is 35.5 Å². The Morgan fingerprint density at radius 3 is 2.71 bits per heavy atom. The van der Waals surface area contributed by atoms with Crippen LogP contribution in [0.5, 0.6) is 0 Å². The lowest BCUT2D eigenvalue weighted by Crippen LogP contribution is -2.07. The molecule has 0 saturated carbocycles. The van der Waals surface area contributed by atoms with E-state index < -0.39 is 5.97 Å². The molecule has 1 rings (SSSR count). The number of hydrogen-bond donors (Lipinski definition) is 0. The Balaban J connectivity index is 2.80. The van der Waals surface area contributed by atoms with Crippen molar-refractivity contribution in [1.82, 2.24) is 0 Å². The summed E-state index contributed by atoms with van der Waals surface area (Å²) >= 11 is 0. The van der Waals surface area contributed by atoms with Gasteiger partial charge in [0.05, 0.1) is 12.2 Å². The number of carbonyl (C=O) groups is 1. The second-order valence-corrected chi connectivity index (χ2v) is 3.01. The first kappa shape index (κ1) is 10.7. The normalized spacial score (nSPS) is 9.93. The van der Waals surface area contributed by atoms with Gasteiger partial charge in [0, 0.05) is 0 Å². The maximum atomic E-state index is 11.4. The molecule has 75 valence electrons. The smallest absolute Gasteiger partial charge is 0.293 e. The molecular weight excluding hydrogens is 180 g/mol. The van der Waals surface area contributed by atoms with Crippen LogP contribution in [0.3, 0.4) is 0 Å². The fourth-order valence-electron chi connectivity index (χ4n) is 1.18. The zero-order valence-corrected chi connectivity index (χ0v) is 8.37. The average Bonchev–Trinajstić information content (AvgIpc) is 2.14. The van der Waals surface area contributed by atoms with Gasteiger partial charge in [-0.1, -0.05) is 17.7 Å². The summed E-state index contributed by atoms with van der Waals surface area (Å²) in [5.41, 5.74) is 2.50. The molecule has 0 unspecified atom stereocenters. The fraction of sp³-hybridized carbons (Fsp3) is 0.273. The summed E-state index contributed by atoms with van der Waals surface area (Å²) in [5.74, 6) is -0.480. The van der Waals surface area contributed by atoms with Gasteiger partial charge in [0.1, 0.15) is 0 Å². The summed E-state index contributed by atoms with van der Waals surface area (Å²) in [5, 5.41) is 0. The van der Waals surface area contributed by atoms with E-state index in [0.29, 0.717) is 5.56 Å². The maximum Gasteiger partial charge on any atom is 0.373 e. The van der Waals surface area contributed by atoms with E-state index >= 15 is 0 Å². The van der Waals surface area contributed by atoms with Crippen LogP contribution in [0.1, 0.15) is 21.5 Å². The number of rotatable bonds is 3. The predicted octanol–water partition coefficient (Wildman–Crippen LogP) is 2.23. The molecule has 3 nitrogen and oxygen atoms in total. The van der Waals surface area contributed by atoms with Gasteiger partial charge in [-0.2, -0.15) is 4.89 Å². The van der Waals surface area contributed by atoms with Gasteiger partial charge in [-0.05, 0) is 32.4 Å². The zero-order chi connectivity index (χ0) is 10.6. The van der Waals surface area contributed by atoms with Gasteiger partial charge < -0.3 is 0 Å². The molecule has 14 heavy (non-hydrogen) atoms. The molecule has 0 fully saturated rings. The molecule has 0 spiro atoms. The molecule has 0 N–H and O–H groups in total. The Hall–Kier alpha value is -1.35. The summed E-state index contributed by atoms with van der Waals surface area (Å²) in [7, 11) is 0. The van der Waals surface area contributed by atoms with Crippen LogP contribution in [0.15, 0.2) is 18.2 Å². The molecule has 0 amide bonds. The summed E-state index contributed by atoms with van der Waals surface area (Å²) in [6, 6.07) is 5.49. The summed E-state index contributed by atoms with van der Waals surface area (Å²) < 4.78 is 0. The van der Waals surface area contributed by atoms with Crippen molar-refractivity contribution in [2.75, 3.05) is 6.61 Å². The quantitative estimate of drug-likeness (QED) is 0.545. The van der Waals surface area contributed by atoms with E-state index in [1.807, 2.05) is 26.0 Å². The van der Waals surface area contributed by atoms with Gasteiger partial charge in [0.25, 0.3) is 0 Å². The van der Waals surface area contributed by atoms with Crippen LogP contribution in [0.25, 0.3) is 0 Å². The Morgan fingerprint density at radius 1 is 1.43 bits per heavy atom. The van der Waals surface area contributed by atoms with Gasteiger partial charge >= 0.3 is 5.97 Å². The van der Waals surface area contributed by atoms with Crippen LogP contribution in [-0.4, -0.2) is 12.6 Å². The molecule has 0 heterocycles. The van der Waals surface area contributed by atoms with E-state index in [9.17, 15) is 4.79 Å². The van der Waals surface area contributed by atoms with Crippen molar-refractivity contribution in [3.05, 3.63) is 41.8 Å². The SMILES string of the molecule is [CH2]COOC(=O)c1ccc(C)cc1C. The monoisotopic (exact) mass is 193 g/mol. The highest BCUT2D eigenvalue weighted by Gasteiger charge is 2.10. The minimum absolute atomic E-state index is 0.108. The first-order valence-corrected chi connectivity index (χ1v) is 4.35. The lowest BCUT2D eigenvalue weighted by atomic mass is 10.1. The van der Waals surface area contributed by atoms with E-state index in [1.54, 1.807) is 6.07 Å². The molecule has 0 aromatic heterocycles. The Kier molecular flexibility index (Phi) is 3.65. The molecule has 0 bridgehead atoms. The molecule has 3 heteroatoms. The molecular formula is C11H13O3. The third kappa shape index (κ3) is 2.57. The van der Waals surface area contributed by atoms with Gasteiger partial charge in [0.15, 0.2) is 0 Å². The van der Waals surface area contributed by atoms with Crippen LogP contribution >= 0.6 is 0 Å². The molecule has 0 atom stereocenters. The van der Waals surface area contributed by atoms with Crippen molar-refractivity contribution in [3.8, 4) is 0 Å². The number of benzene rings is 1. The van der Waals surface area contributed by atoms with E-state index in [-0.39, 0.29) is 6.61 Å². The van der Waals surface area contributed by atoms with Gasteiger partial charge in [-0.3, -0.25) is 4.89 Å². The third-order valence-corrected chi connectivity index (χ3v) is 1.82. The van der Waals surface area contributed by atoms with Crippen LogP contribution in [0.4, 0.5) is 0 Å². The van der Waals surface area contributed by atoms with Gasteiger partial charge in [0.2, 0.25) is 0 Å². The van der Waals surface area contributed by atoms with Crippen molar-refractivity contribution >= 4 is 5.97 Å². The minimum atomic E-state index is -0.480. The summed E-state index contributed by atoms with van der Waals surface area (Å²) in [4.78, 5) is 20.3. The summed E-state index contributed by atoms with van der Waals surface area (Å²) in [6.45, 7) is 7.32. The van der Waals surface area contributed by atoms with E-state index in [0.717, 1.165) is 11.1 Å². The summed E-state index contributed by atoms with van der Waals surface area (Å²) in [6.07, 6.45) is 0. The lowest BCUT2D eigenvalue weighted by Gasteiger charge is -2.05. The van der Waals surface area contributed by atoms with Crippen molar-refractivity contribution in [3.63, 3.8) is 0 Å². The number of aryl methyl sites for hydroxylation is 2. The molecule has 0 aliphatic rings. The largest absolute Gasteiger partial charge is 0.373 e. The average molecular weight is 193 g/mol. The Bertz CT molecular complexity index is 331. The third-order valence-electron chi connectivity index (χ3n) is 1.82. The second kappa shape index (κ2) is 4.77. The zero-order valence-electron chi connectivity index (χ0n) is 8.37. The first-order chi connectivity index (χ1) is 6.65. The van der Waals surface area contributed by atoms with E-state index in [1.165, 1.54) is 0 Å². The van der Waals surface area contributed by atoms with Crippen LogP contribution < -0.4 is 0 Å². The highest BCUT2D eigenvalue weighted by atomic mass is 17.2. The molecule has 0 aliphatic carbocycles. The van der Waals surface area contributed by atoms with Crippen molar-refractivity contribution in [2.24, 2.45) is 0 Å². The number of hydrogen-bond acceptors (Lipinski definition) is 3. The lowest BCUT2D eigenvalue weighted by molar-refractivity contribution is -0.232. The Morgan fingerprint density at radius 2 is 2.14 bits per heavy atom. The van der Waals surface area contributed by atoms with Crippen LogP contribution in [0, 0.1) is 20.8 Å². The molecule has 0 aliphatic heterocycles. The van der Waals surface area contributed by atoms with Crippen molar-refractivity contribution < 1.29 is 14.6 Å². The minimum Gasteiger partial charge on any atom is -0.293 e. The van der Waals surface area contributed by atoms with Crippen LogP contribution in [0.2, 0.25) is 0 Å². The maximum absolute atomic E-state index is 11.4. The van der Waals surface area contributed by atoms with Gasteiger partial charge in [-0.15, -0.1) is 0 Å². The van der Waals surface area contributed by atoms with Gasteiger partial charge in [-0.25, -0.2) is 4.79 Å². The molecule has 1 radical (unpaired) electrons. The number of carbonyl (C=O) groups excluding carboxylic acids is 1. The predicted molar refractivity (Wildman–Crippen MR) is 52.6 cm³/mol. The molecule has 1 aromatic rings. The highest BCUT2D eigenvalue weighted by Crippen LogP contribution is 2.11. The van der Waals surface area contributed by atoms with E-state index in [2.05, 4.69) is 16.7 Å². The second-order valence-electron chi connectivity index (χ2n) is 3.01. The van der Waals surface area contributed by atoms with E-state index in [4.69, 9.17) is 0 Å². The molecule has 1 aromatic carbocycles. The highest BCUT2D eigenvalue weighted by molar-refractivity contribution is 5.90. The Labute approximate surface area is 83.6 Å². The first-order valence-electron chi connectivity index (χ1n) is 4.35. The van der Waals surface area contributed by atoms with Crippen LogP contribution in [-0.2, 0) is 9.78 Å². The van der Waals surface area contributed by atoms with Crippen molar-refractivity contribution in [1.29, 1.82) is 0 Å². The standard InChI is InChI=1S/C11H13O3/c1-4-13-14-11(12)10-6-5-8(2)7-9(10)3/h5-7H,1,4H2,2-3H3. The molecule has 0 saturated heterocycles. The fourth-order valence-corrected chi connectivity index (χ4v) is 1.18.